The summed E-state index contributed by atoms with van der Waals surface area (Å²) in [5.74, 6) is 1.65. The molecule has 1 unspecified atom stereocenters. The molecule has 0 aliphatic carbocycles. The second-order valence-electron chi connectivity index (χ2n) is 8.31. The molecule has 0 bridgehead atoms. The molecule has 0 spiro atoms. The van der Waals surface area contributed by atoms with Gasteiger partial charge in [-0.05, 0) is 11.6 Å². The minimum atomic E-state index is -0.235. The van der Waals surface area contributed by atoms with Gasteiger partial charge in [-0.2, -0.15) is 10.2 Å². The Hall–Kier alpha value is -4.31. The predicted molar refractivity (Wildman–Crippen MR) is 129 cm³/mol. The topological polar surface area (TPSA) is 117 Å². The summed E-state index contributed by atoms with van der Waals surface area (Å²) < 4.78 is 1.87. The molecule has 5 heterocycles. The van der Waals surface area contributed by atoms with Crippen molar-refractivity contribution in [2.75, 3.05) is 36.0 Å². The van der Waals surface area contributed by atoms with Gasteiger partial charge in [0.25, 0.3) is 0 Å². The third-order valence-corrected chi connectivity index (χ3v) is 6.26. The summed E-state index contributed by atoms with van der Waals surface area (Å²) in [5.41, 5.74) is 11.4. The van der Waals surface area contributed by atoms with Crippen molar-refractivity contribution in [2.45, 2.75) is 6.04 Å². The average molecular weight is 453 g/mol. The second kappa shape index (κ2) is 8.56. The molecule has 1 saturated heterocycles. The zero-order valence-electron chi connectivity index (χ0n) is 18.5. The average Bonchev–Trinajstić information content (AvgIpc) is 3.59. The number of nitrogens with zero attached hydrogens (tertiary/aromatic N) is 8. The smallest absolute Gasteiger partial charge is 0.225 e. The van der Waals surface area contributed by atoms with Crippen molar-refractivity contribution >= 4 is 17.3 Å². The highest BCUT2D eigenvalue weighted by atomic mass is 15.4. The third-order valence-electron chi connectivity index (χ3n) is 6.26. The second-order valence-corrected chi connectivity index (χ2v) is 8.31. The van der Waals surface area contributed by atoms with Gasteiger partial charge >= 0.3 is 0 Å². The standard InChI is InChI=1S/C24H24N10/c25-22(17-4-2-1-3-5-17)20-11-26-24(27-12-20)33-8-6-32(7-9-33)23-21-10-18(19-13-29-30-14-19)15-34(21)31-16-28-23/h1-5,10-16,22H,6-9,25H2,(H,29,30). The molecule has 1 aromatic carbocycles. The van der Waals surface area contributed by atoms with Gasteiger partial charge in [0.1, 0.15) is 11.8 Å². The lowest BCUT2D eigenvalue weighted by molar-refractivity contribution is 0.632. The van der Waals surface area contributed by atoms with E-state index < -0.39 is 0 Å². The molecule has 34 heavy (non-hydrogen) atoms. The van der Waals surface area contributed by atoms with E-state index in [0.717, 1.165) is 65.7 Å². The van der Waals surface area contributed by atoms with Crippen LogP contribution < -0.4 is 15.5 Å². The first kappa shape index (κ1) is 20.3. The first-order chi connectivity index (χ1) is 16.8. The number of nitrogens with two attached hydrogens (primary N) is 1. The Balaban J connectivity index is 1.16. The predicted octanol–water partition coefficient (Wildman–Crippen LogP) is 2.28. The van der Waals surface area contributed by atoms with Crippen molar-refractivity contribution in [3.8, 4) is 11.1 Å². The van der Waals surface area contributed by atoms with Crippen LogP contribution in [-0.4, -0.2) is 60.9 Å². The summed E-state index contributed by atoms with van der Waals surface area (Å²) in [4.78, 5) is 18.3. The highest BCUT2D eigenvalue weighted by Crippen LogP contribution is 2.27. The van der Waals surface area contributed by atoms with E-state index in [1.807, 2.05) is 59.6 Å². The number of hydrogen-bond donors (Lipinski definition) is 2. The lowest BCUT2D eigenvalue weighted by Gasteiger charge is -2.35. The van der Waals surface area contributed by atoms with Crippen LogP contribution in [0.3, 0.4) is 0 Å². The Morgan fingerprint density at radius 1 is 0.853 bits per heavy atom. The Kier molecular flexibility index (Phi) is 5.11. The van der Waals surface area contributed by atoms with Crippen LogP contribution in [0, 0.1) is 0 Å². The first-order valence-electron chi connectivity index (χ1n) is 11.2. The fraction of sp³-hybridized carbons (Fsp3) is 0.208. The van der Waals surface area contributed by atoms with E-state index in [-0.39, 0.29) is 6.04 Å². The molecule has 0 radical (unpaired) electrons. The van der Waals surface area contributed by atoms with Gasteiger partial charge in [-0.15, -0.1) is 0 Å². The largest absolute Gasteiger partial charge is 0.351 e. The van der Waals surface area contributed by atoms with Gasteiger partial charge in [0, 0.05) is 67.7 Å². The molecule has 1 fully saturated rings. The number of hydrogen-bond acceptors (Lipinski definition) is 8. The molecule has 1 aliphatic rings. The van der Waals surface area contributed by atoms with Gasteiger partial charge < -0.3 is 15.5 Å². The SMILES string of the molecule is NC(c1ccccc1)c1cnc(N2CCN(c3ncnn4cc(-c5cn[nH]c5)cc34)CC2)nc1. The van der Waals surface area contributed by atoms with Crippen LogP contribution in [0.25, 0.3) is 16.6 Å². The van der Waals surface area contributed by atoms with Crippen LogP contribution in [0.1, 0.15) is 17.2 Å². The Bertz CT molecular complexity index is 1370. The van der Waals surface area contributed by atoms with E-state index in [2.05, 4.69) is 46.1 Å². The molecule has 4 aromatic heterocycles. The number of H-pyrrole nitrogens is 1. The number of aromatic amines is 1. The summed E-state index contributed by atoms with van der Waals surface area (Å²) in [5, 5.41) is 11.3. The minimum absolute atomic E-state index is 0.235. The van der Waals surface area contributed by atoms with E-state index in [1.54, 1.807) is 12.5 Å². The quantitative estimate of drug-likeness (QED) is 0.417. The summed E-state index contributed by atoms with van der Waals surface area (Å²) in [6.07, 6.45) is 10.9. The Morgan fingerprint density at radius 2 is 1.62 bits per heavy atom. The number of piperazine rings is 1. The minimum Gasteiger partial charge on any atom is -0.351 e. The molecule has 0 amide bonds. The summed E-state index contributed by atoms with van der Waals surface area (Å²) in [6.45, 7) is 3.23. The number of fused-ring (bicyclic) bond motifs is 1. The molecule has 6 rings (SSSR count). The van der Waals surface area contributed by atoms with Crippen LogP contribution in [-0.2, 0) is 0 Å². The zero-order valence-corrected chi connectivity index (χ0v) is 18.5. The fourth-order valence-electron chi connectivity index (χ4n) is 4.35. The third kappa shape index (κ3) is 3.73. The Labute approximate surface area is 196 Å². The molecule has 5 aromatic rings. The van der Waals surface area contributed by atoms with Crippen molar-refractivity contribution in [2.24, 2.45) is 5.73 Å². The normalized spacial score (nSPS) is 15.1. The summed E-state index contributed by atoms with van der Waals surface area (Å²) >= 11 is 0. The number of benzene rings is 1. The van der Waals surface area contributed by atoms with E-state index in [0.29, 0.717) is 0 Å². The molecule has 1 aliphatic heterocycles. The lowest BCUT2D eigenvalue weighted by Crippen LogP contribution is -2.47. The van der Waals surface area contributed by atoms with Crippen LogP contribution in [0.5, 0.6) is 0 Å². The summed E-state index contributed by atoms with van der Waals surface area (Å²) in [7, 11) is 0. The van der Waals surface area contributed by atoms with Crippen molar-refractivity contribution in [1.29, 1.82) is 0 Å². The van der Waals surface area contributed by atoms with Gasteiger partial charge in [-0.25, -0.2) is 19.5 Å². The van der Waals surface area contributed by atoms with E-state index in [1.165, 1.54) is 0 Å². The molecular weight excluding hydrogens is 428 g/mol. The van der Waals surface area contributed by atoms with Crippen molar-refractivity contribution in [3.05, 3.63) is 84.8 Å². The maximum Gasteiger partial charge on any atom is 0.225 e. The van der Waals surface area contributed by atoms with Crippen LogP contribution in [0.2, 0.25) is 0 Å². The maximum atomic E-state index is 6.39. The van der Waals surface area contributed by atoms with Crippen molar-refractivity contribution < 1.29 is 0 Å². The van der Waals surface area contributed by atoms with Crippen molar-refractivity contribution in [3.63, 3.8) is 0 Å². The highest BCUT2D eigenvalue weighted by Gasteiger charge is 2.22. The summed E-state index contributed by atoms with van der Waals surface area (Å²) in [6, 6.07) is 11.9. The van der Waals surface area contributed by atoms with E-state index in [4.69, 9.17) is 5.73 Å². The monoisotopic (exact) mass is 452 g/mol. The highest BCUT2D eigenvalue weighted by molar-refractivity contribution is 5.77. The van der Waals surface area contributed by atoms with Gasteiger partial charge in [0.15, 0.2) is 5.82 Å². The Morgan fingerprint density at radius 3 is 2.35 bits per heavy atom. The van der Waals surface area contributed by atoms with E-state index >= 15 is 0 Å². The van der Waals surface area contributed by atoms with E-state index in [9.17, 15) is 0 Å². The number of anilines is 2. The van der Waals surface area contributed by atoms with Crippen LogP contribution in [0.15, 0.2) is 73.7 Å². The molecule has 0 saturated carbocycles. The van der Waals surface area contributed by atoms with Crippen molar-refractivity contribution in [1.82, 2.24) is 34.8 Å². The molecule has 170 valence electrons. The van der Waals surface area contributed by atoms with Gasteiger partial charge in [-0.3, -0.25) is 5.10 Å². The van der Waals surface area contributed by atoms with Gasteiger partial charge in [0.05, 0.1) is 12.2 Å². The van der Waals surface area contributed by atoms with Crippen LogP contribution in [0.4, 0.5) is 11.8 Å². The molecule has 1 atom stereocenters. The van der Waals surface area contributed by atoms with Gasteiger partial charge in [-0.1, -0.05) is 30.3 Å². The molecule has 10 heteroatoms. The van der Waals surface area contributed by atoms with Gasteiger partial charge in [0.2, 0.25) is 5.95 Å². The zero-order chi connectivity index (χ0) is 22.9. The lowest BCUT2D eigenvalue weighted by atomic mass is 10.0. The molecule has 10 nitrogen and oxygen atoms in total. The number of nitrogens with one attached hydrogen (secondary N) is 1. The molecule has 3 N–H and O–H groups in total. The number of aromatic nitrogens is 7. The fourth-order valence-corrected chi connectivity index (χ4v) is 4.35. The van der Waals surface area contributed by atoms with Crippen LogP contribution >= 0.6 is 0 Å². The number of rotatable bonds is 5. The molecular formula is C24H24N10. The first-order valence-corrected chi connectivity index (χ1v) is 11.2. The maximum absolute atomic E-state index is 6.39.